The van der Waals surface area contributed by atoms with Crippen molar-refractivity contribution >= 4 is 0 Å². The maximum Gasteiger partial charge on any atom is 0.0273 e. The van der Waals surface area contributed by atoms with Gasteiger partial charge in [-0.2, -0.15) is 0 Å². The molecule has 0 aliphatic rings. The number of rotatable bonds is 2. The molecular weight excluding hydrogens is 234 g/mol. The van der Waals surface area contributed by atoms with Gasteiger partial charge in [-0.1, -0.05) is 0 Å². The van der Waals surface area contributed by atoms with Gasteiger partial charge in [0.2, 0.25) is 0 Å². The molecule has 0 bridgehead atoms. The molecule has 0 aromatic carbocycles. The molecule has 3 heteroatoms. The summed E-state index contributed by atoms with van der Waals surface area (Å²) in [5, 5.41) is 0. The number of H-pyrrole nitrogens is 1. The van der Waals surface area contributed by atoms with E-state index in [2.05, 4.69) is 28.8 Å². The predicted molar refractivity (Wildman–Crippen MR) is 76.7 cm³/mol. The van der Waals surface area contributed by atoms with Crippen LogP contribution in [0.2, 0.25) is 0 Å². The fourth-order valence-corrected chi connectivity index (χ4v) is 2.54. The van der Waals surface area contributed by atoms with Crippen molar-refractivity contribution in [1.29, 1.82) is 0 Å². The minimum Gasteiger partial charge on any atom is -0.362 e. The molecule has 3 aromatic rings. The smallest absolute Gasteiger partial charge is 0.0273 e. The van der Waals surface area contributed by atoms with Crippen LogP contribution in [0.5, 0.6) is 0 Å². The number of hydrogen-bond donors (Lipinski definition) is 1. The summed E-state index contributed by atoms with van der Waals surface area (Å²) in [6.45, 7) is 4.21. The standard InChI is InChI=1S/C16H15N3/c1-11-15(13-3-7-17-8-4-13)16(12(2)19-11)14-5-9-18-10-6-14/h3-10,19H,1-2H3. The summed E-state index contributed by atoms with van der Waals surface area (Å²) < 4.78 is 0. The number of nitrogens with zero attached hydrogens (tertiary/aromatic N) is 2. The predicted octanol–water partition coefficient (Wildman–Crippen LogP) is 3.76. The molecule has 0 radical (unpaired) electrons. The van der Waals surface area contributed by atoms with E-state index in [1.54, 1.807) is 0 Å². The highest BCUT2D eigenvalue weighted by molar-refractivity contribution is 5.87. The zero-order valence-corrected chi connectivity index (χ0v) is 11.0. The van der Waals surface area contributed by atoms with Crippen LogP contribution >= 0.6 is 0 Å². The van der Waals surface area contributed by atoms with Crippen LogP contribution in [0.1, 0.15) is 11.4 Å². The lowest BCUT2D eigenvalue weighted by Crippen LogP contribution is -1.85. The number of pyridine rings is 2. The van der Waals surface area contributed by atoms with Crippen LogP contribution in [0.4, 0.5) is 0 Å². The van der Waals surface area contributed by atoms with Crippen molar-refractivity contribution in [3.8, 4) is 22.3 Å². The van der Waals surface area contributed by atoms with Crippen LogP contribution in [0, 0.1) is 13.8 Å². The highest BCUT2D eigenvalue weighted by Crippen LogP contribution is 2.36. The van der Waals surface area contributed by atoms with Gasteiger partial charge in [0.05, 0.1) is 0 Å². The first-order valence-electron chi connectivity index (χ1n) is 6.27. The van der Waals surface area contributed by atoms with Gasteiger partial charge in [0.15, 0.2) is 0 Å². The van der Waals surface area contributed by atoms with Crippen molar-refractivity contribution in [2.75, 3.05) is 0 Å². The van der Waals surface area contributed by atoms with E-state index in [1.807, 2.05) is 49.1 Å². The SMILES string of the molecule is Cc1[nH]c(C)c(-c2ccncc2)c1-c1ccncc1. The molecule has 0 amide bonds. The lowest BCUT2D eigenvalue weighted by atomic mass is 9.96. The average Bonchev–Trinajstić information content (AvgIpc) is 2.75. The Kier molecular flexibility index (Phi) is 2.88. The van der Waals surface area contributed by atoms with Crippen molar-refractivity contribution in [3.05, 3.63) is 60.4 Å². The van der Waals surface area contributed by atoms with Gasteiger partial charge in [-0.05, 0) is 49.2 Å². The third-order valence-electron chi connectivity index (χ3n) is 3.31. The maximum atomic E-state index is 4.09. The van der Waals surface area contributed by atoms with Crippen molar-refractivity contribution in [3.63, 3.8) is 0 Å². The van der Waals surface area contributed by atoms with Crippen molar-refractivity contribution < 1.29 is 0 Å². The van der Waals surface area contributed by atoms with E-state index in [4.69, 9.17) is 0 Å². The molecule has 3 aromatic heterocycles. The van der Waals surface area contributed by atoms with Crippen LogP contribution in [-0.4, -0.2) is 15.0 Å². The Morgan fingerprint density at radius 1 is 0.684 bits per heavy atom. The zero-order chi connectivity index (χ0) is 13.2. The quantitative estimate of drug-likeness (QED) is 0.751. The molecule has 3 heterocycles. The van der Waals surface area contributed by atoms with Gasteiger partial charge in [-0.3, -0.25) is 9.97 Å². The van der Waals surface area contributed by atoms with E-state index in [9.17, 15) is 0 Å². The van der Waals surface area contributed by atoms with Gasteiger partial charge in [-0.15, -0.1) is 0 Å². The molecule has 3 rings (SSSR count). The molecule has 0 fully saturated rings. The zero-order valence-electron chi connectivity index (χ0n) is 11.0. The number of aromatic amines is 1. The second-order valence-electron chi connectivity index (χ2n) is 4.60. The number of hydrogen-bond acceptors (Lipinski definition) is 2. The van der Waals surface area contributed by atoms with Gasteiger partial charge in [0.1, 0.15) is 0 Å². The number of aryl methyl sites for hydroxylation is 2. The Labute approximate surface area is 112 Å². The lowest BCUT2D eigenvalue weighted by molar-refractivity contribution is 1.19. The van der Waals surface area contributed by atoms with Crippen LogP contribution in [0.3, 0.4) is 0 Å². The summed E-state index contributed by atoms with van der Waals surface area (Å²) in [5.41, 5.74) is 7.20. The first-order valence-corrected chi connectivity index (χ1v) is 6.27. The molecular formula is C16H15N3. The van der Waals surface area contributed by atoms with E-state index in [-0.39, 0.29) is 0 Å². The van der Waals surface area contributed by atoms with Crippen molar-refractivity contribution in [1.82, 2.24) is 15.0 Å². The molecule has 3 nitrogen and oxygen atoms in total. The monoisotopic (exact) mass is 249 g/mol. The van der Waals surface area contributed by atoms with Crippen LogP contribution in [-0.2, 0) is 0 Å². The molecule has 0 aliphatic carbocycles. The minimum atomic E-state index is 1.18. The molecule has 0 spiro atoms. The number of nitrogens with one attached hydrogen (secondary N) is 1. The highest BCUT2D eigenvalue weighted by Gasteiger charge is 2.15. The van der Waals surface area contributed by atoms with E-state index < -0.39 is 0 Å². The van der Waals surface area contributed by atoms with Gasteiger partial charge < -0.3 is 4.98 Å². The molecule has 94 valence electrons. The summed E-state index contributed by atoms with van der Waals surface area (Å²) in [6, 6.07) is 8.17. The Morgan fingerprint density at radius 2 is 1.05 bits per heavy atom. The third kappa shape index (κ3) is 2.03. The molecule has 0 saturated heterocycles. The fourth-order valence-electron chi connectivity index (χ4n) is 2.54. The van der Waals surface area contributed by atoms with Crippen LogP contribution in [0.25, 0.3) is 22.3 Å². The summed E-state index contributed by atoms with van der Waals surface area (Å²) >= 11 is 0. The Hall–Kier alpha value is -2.42. The molecule has 0 unspecified atom stereocenters. The number of aromatic nitrogens is 3. The highest BCUT2D eigenvalue weighted by atomic mass is 14.7. The first-order chi connectivity index (χ1) is 9.27. The largest absolute Gasteiger partial charge is 0.362 e. The molecule has 0 aliphatic heterocycles. The van der Waals surface area contributed by atoms with Gasteiger partial charge in [0.25, 0.3) is 0 Å². The normalized spacial score (nSPS) is 10.6. The molecule has 19 heavy (non-hydrogen) atoms. The summed E-state index contributed by atoms with van der Waals surface area (Å²) in [4.78, 5) is 11.6. The van der Waals surface area contributed by atoms with Gasteiger partial charge in [-0.25, -0.2) is 0 Å². The van der Waals surface area contributed by atoms with Crippen LogP contribution in [0.15, 0.2) is 49.1 Å². The summed E-state index contributed by atoms with van der Waals surface area (Å²) in [6.07, 6.45) is 7.31. The van der Waals surface area contributed by atoms with Gasteiger partial charge in [0, 0.05) is 47.3 Å². The van der Waals surface area contributed by atoms with Crippen molar-refractivity contribution in [2.45, 2.75) is 13.8 Å². The third-order valence-corrected chi connectivity index (χ3v) is 3.31. The Balaban J connectivity index is 2.26. The minimum absolute atomic E-state index is 1.18. The maximum absolute atomic E-state index is 4.09. The molecule has 0 saturated carbocycles. The first kappa shape index (κ1) is 11.7. The molecule has 0 atom stereocenters. The lowest BCUT2D eigenvalue weighted by Gasteiger charge is -2.07. The van der Waals surface area contributed by atoms with E-state index in [1.165, 1.54) is 33.6 Å². The van der Waals surface area contributed by atoms with Crippen LogP contribution < -0.4 is 0 Å². The summed E-state index contributed by atoms with van der Waals surface area (Å²) in [7, 11) is 0. The second-order valence-corrected chi connectivity index (χ2v) is 4.60. The summed E-state index contributed by atoms with van der Waals surface area (Å²) in [5.74, 6) is 0. The fraction of sp³-hybridized carbons (Fsp3) is 0.125. The van der Waals surface area contributed by atoms with E-state index in [0.717, 1.165) is 0 Å². The topological polar surface area (TPSA) is 41.6 Å². The molecule has 1 N–H and O–H groups in total. The second kappa shape index (κ2) is 4.69. The average molecular weight is 249 g/mol. The van der Waals surface area contributed by atoms with Crippen molar-refractivity contribution in [2.24, 2.45) is 0 Å². The van der Waals surface area contributed by atoms with E-state index in [0.29, 0.717) is 0 Å². The Bertz CT molecular complexity index is 625. The Morgan fingerprint density at radius 3 is 1.42 bits per heavy atom. The van der Waals surface area contributed by atoms with E-state index >= 15 is 0 Å². The van der Waals surface area contributed by atoms with Gasteiger partial charge >= 0.3 is 0 Å².